The van der Waals surface area contributed by atoms with Crippen molar-refractivity contribution in [3.8, 4) is 6.07 Å². The van der Waals surface area contributed by atoms with Gasteiger partial charge < -0.3 is 10.2 Å². The number of likely N-dealkylation sites (N-methyl/N-ethyl adjacent to an activating group) is 1. The molecule has 18 heavy (non-hydrogen) atoms. The molecule has 1 heterocycles. The second-order valence-electron chi connectivity index (χ2n) is 4.52. The van der Waals surface area contributed by atoms with Gasteiger partial charge in [0.2, 0.25) is 5.91 Å². The van der Waals surface area contributed by atoms with Crippen molar-refractivity contribution in [2.75, 3.05) is 18.5 Å². The first kappa shape index (κ1) is 14.0. The van der Waals surface area contributed by atoms with Gasteiger partial charge in [0.25, 0.3) is 0 Å². The number of nitrogens with one attached hydrogen (secondary N) is 1. The van der Waals surface area contributed by atoms with Crippen molar-refractivity contribution in [3.05, 3.63) is 23.4 Å². The molecule has 96 valence electrons. The molecule has 0 aliphatic rings. The standard InChI is InChI=1S/C13H18N4O/c1-9(2)16-12(18)8-17(4)13-11(7-14)10(3)5-6-15-13/h5-6,9H,8H2,1-4H3,(H,16,18). The number of nitrogens with zero attached hydrogens (tertiary/aromatic N) is 3. The molecular weight excluding hydrogens is 228 g/mol. The van der Waals surface area contributed by atoms with Gasteiger partial charge in [-0.2, -0.15) is 5.26 Å². The van der Waals surface area contributed by atoms with E-state index in [1.54, 1.807) is 24.2 Å². The summed E-state index contributed by atoms with van der Waals surface area (Å²) in [5, 5.41) is 11.9. The van der Waals surface area contributed by atoms with E-state index in [2.05, 4.69) is 16.4 Å². The van der Waals surface area contributed by atoms with E-state index in [0.717, 1.165) is 5.56 Å². The molecule has 1 aromatic heterocycles. The van der Waals surface area contributed by atoms with Gasteiger partial charge in [0.05, 0.1) is 12.1 Å². The molecule has 0 radical (unpaired) electrons. The minimum Gasteiger partial charge on any atom is -0.352 e. The molecule has 0 atom stereocenters. The lowest BCUT2D eigenvalue weighted by Gasteiger charge is -2.20. The Morgan fingerprint density at radius 2 is 2.28 bits per heavy atom. The highest BCUT2D eigenvalue weighted by atomic mass is 16.2. The molecule has 0 aliphatic carbocycles. The number of pyridine rings is 1. The van der Waals surface area contributed by atoms with E-state index in [0.29, 0.717) is 11.4 Å². The predicted molar refractivity (Wildman–Crippen MR) is 70.2 cm³/mol. The summed E-state index contributed by atoms with van der Waals surface area (Å²) in [5.41, 5.74) is 1.37. The first-order valence-corrected chi connectivity index (χ1v) is 5.82. The second kappa shape index (κ2) is 6.01. The van der Waals surface area contributed by atoms with E-state index >= 15 is 0 Å². The van der Waals surface area contributed by atoms with Crippen LogP contribution in [0.15, 0.2) is 12.3 Å². The fourth-order valence-corrected chi connectivity index (χ4v) is 1.63. The number of rotatable bonds is 4. The zero-order valence-electron chi connectivity index (χ0n) is 11.2. The van der Waals surface area contributed by atoms with Crippen LogP contribution in [-0.2, 0) is 4.79 Å². The summed E-state index contributed by atoms with van der Waals surface area (Å²) < 4.78 is 0. The lowest BCUT2D eigenvalue weighted by Crippen LogP contribution is -2.39. The Morgan fingerprint density at radius 1 is 1.61 bits per heavy atom. The Kier molecular flexibility index (Phi) is 4.67. The van der Waals surface area contributed by atoms with Crippen LogP contribution in [0.3, 0.4) is 0 Å². The predicted octanol–water partition coefficient (Wildman–Crippen LogP) is 1.22. The van der Waals surface area contributed by atoms with Gasteiger partial charge in [-0.25, -0.2) is 4.98 Å². The molecule has 5 nitrogen and oxygen atoms in total. The topological polar surface area (TPSA) is 69.0 Å². The third-order valence-corrected chi connectivity index (χ3v) is 2.44. The summed E-state index contributed by atoms with van der Waals surface area (Å²) in [5.74, 6) is 0.455. The molecule has 1 amide bonds. The van der Waals surface area contributed by atoms with Crippen LogP contribution in [0.1, 0.15) is 25.0 Å². The summed E-state index contributed by atoms with van der Waals surface area (Å²) in [6, 6.07) is 4.01. The maximum Gasteiger partial charge on any atom is 0.239 e. The summed E-state index contributed by atoms with van der Waals surface area (Å²) in [4.78, 5) is 17.5. The normalized spacial score (nSPS) is 10.0. The number of carbonyl (C=O) groups excluding carboxylic acids is 1. The highest BCUT2D eigenvalue weighted by Gasteiger charge is 2.14. The monoisotopic (exact) mass is 246 g/mol. The molecule has 0 saturated carbocycles. The quantitative estimate of drug-likeness (QED) is 0.867. The van der Waals surface area contributed by atoms with E-state index in [-0.39, 0.29) is 18.5 Å². The molecule has 0 unspecified atom stereocenters. The largest absolute Gasteiger partial charge is 0.352 e. The number of aromatic nitrogens is 1. The zero-order valence-corrected chi connectivity index (χ0v) is 11.2. The molecule has 0 fully saturated rings. The Balaban J connectivity index is 2.85. The molecule has 0 spiro atoms. The van der Waals surface area contributed by atoms with Gasteiger partial charge >= 0.3 is 0 Å². The number of anilines is 1. The summed E-state index contributed by atoms with van der Waals surface area (Å²) >= 11 is 0. The van der Waals surface area contributed by atoms with Crippen molar-refractivity contribution in [3.63, 3.8) is 0 Å². The number of hydrogen-bond acceptors (Lipinski definition) is 4. The maximum absolute atomic E-state index is 11.7. The van der Waals surface area contributed by atoms with Gasteiger partial charge in [-0.15, -0.1) is 0 Å². The number of hydrogen-bond donors (Lipinski definition) is 1. The first-order valence-electron chi connectivity index (χ1n) is 5.82. The van der Waals surface area contributed by atoms with Crippen molar-refractivity contribution in [1.82, 2.24) is 10.3 Å². The molecule has 1 N–H and O–H groups in total. The molecule has 1 aromatic rings. The SMILES string of the molecule is Cc1ccnc(N(C)CC(=O)NC(C)C)c1C#N. The van der Waals surface area contributed by atoms with Crippen LogP contribution >= 0.6 is 0 Å². The summed E-state index contributed by atoms with van der Waals surface area (Å²) in [6.07, 6.45) is 1.64. The average Bonchev–Trinajstić information content (AvgIpc) is 2.27. The van der Waals surface area contributed by atoms with Gasteiger partial charge in [-0.1, -0.05) is 0 Å². The van der Waals surface area contributed by atoms with E-state index in [1.807, 2.05) is 20.8 Å². The van der Waals surface area contributed by atoms with Crippen LogP contribution in [0.5, 0.6) is 0 Å². The first-order chi connectivity index (χ1) is 8.45. The molecule has 0 bridgehead atoms. The minimum atomic E-state index is -0.0836. The number of amides is 1. The Bertz CT molecular complexity index is 476. The maximum atomic E-state index is 11.7. The molecular formula is C13H18N4O. The van der Waals surface area contributed by atoms with Crippen LogP contribution < -0.4 is 10.2 Å². The van der Waals surface area contributed by atoms with Crippen LogP contribution in [-0.4, -0.2) is 30.5 Å². The van der Waals surface area contributed by atoms with Crippen molar-refractivity contribution < 1.29 is 4.79 Å². The van der Waals surface area contributed by atoms with Gasteiger partial charge in [0.1, 0.15) is 11.9 Å². The van der Waals surface area contributed by atoms with Crippen molar-refractivity contribution in [2.45, 2.75) is 26.8 Å². The van der Waals surface area contributed by atoms with Crippen LogP contribution in [0.2, 0.25) is 0 Å². The fraction of sp³-hybridized carbons (Fsp3) is 0.462. The van der Waals surface area contributed by atoms with E-state index < -0.39 is 0 Å². The van der Waals surface area contributed by atoms with Crippen molar-refractivity contribution in [1.29, 1.82) is 5.26 Å². The Hall–Kier alpha value is -2.09. The van der Waals surface area contributed by atoms with Gasteiger partial charge in [0, 0.05) is 19.3 Å². The minimum absolute atomic E-state index is 0.0836. The number of carbonyl (C=O) groups is 1. The van der Waals surface area contributed by atoms with Crippen LogP contribution in [0, 0.1) is 18.3 Å². The molecule has 0 aliphatic heterocycles. The number of aryl methyl sites for hydroxylation is 1. The van der Waals surface area contributed by atoms with E-state index in [1.165, 1.54) is 0 Å². The second-order valence-corrected chi connectivity index (χ2v) is 4.52. The molecule has 5 heteroatoms. The molecule has 1 rings (SSSR count). The third-order valence-electron chi connectivity index (χ3n) is 2.44. The molecule has 0 saturated heterocycles. The van der Waals surface area contributed by atoms with Gasteiger partial charge in [-0.05, 0) is 32.4 Å². The van der Waals surface area contributed by atoms with Crippen LogP contribution in [0.4, 0.5) is 5.82 Å². The summed E-state index contributed by atoms with van der Waals surface area (Å²) in [7, 11) is 1.75. The van der Waals surface area contributed by atoms with Crippen molar-refractivity contribution in [2.24, 2.45) is 0 Å². The van der Waals surface area contributed by atoms with E-state index in [4.69, 9.17) is 5.26 Å². The van der Waals surface area contributed by atoms with Crippen LogP contribution in [0.25, 0.3) is 0 Å². The Morgan fingerprint density at radius 3 is 2.83 bits per heavy atom. The van der Waals surface area contributed by atoms with Gasteiger partial charge in [0.15, 0.2) is 0 Å². The lowest BCUT2D eigenvalue weighted by molar-refractivity contribution is -0.120. The summed E-state index contributed by atoms with van der Waals surface area (Å²) in [6.45, 7) is 5.85. The van der Waals surface area contributed by atoms with E-state index in [9.17, 15) is 4.79 Å². The average molecular weight is 246 g/mol. The van der Waals surface area contributed by atoms with Crippen molar-refractivity contribution >= 4 is 11.7 Å². The third kappa shape index (κ3) is 3.45. The Labute approximate surface area is 107 Å². The number of nitriles is 1. The highest BCUT2D eigenvalue weighted by molar-refractivity contribution is 5.81. The fourth-order valence-electron chi connectivity index (χ4n) is 1.63. The molecule has 0 aromatic carbocycles. The zero-order chi connectivity index (χ0) is 13.7. The van der Waals surface area contributed by atoms with Gasteiger partial charge in [-0.3, -0.25) is 4.79 Å². The lowest BCUT2D eigenvalue weighted by atomic mass is 10.1. The highest BCUT2D eigenvalue weighted by Crippen LogP contribution is 2.18. The smallest absolute Gasteiger partial charge is 0.239 e.